The Bertz CT molecular complexity index is 263. The van der Waals surface area contributed by atoms with Gasteiger partial charge in [0.2, 0.25) is 0 Å². The van der Waals surface area contributed by atoms with Gasteiger partial charge in [0.15, 0.2) is 0 Å². The molecule has 78 valence electrons. The molecule has 0 aliphatic carbocycles. The van der Waals surface area contributed by atoms with E-state index < -0.39 is 0 Å². The van der Waals surface area contributed by atoms with Crippen LogP contribution in [-0.4, -0.2) is 18.1 Å². The average Bonchev–Trinajstić information content (AvgIpc) is 2.11. The van der Waals surface area contributed by atoms with Crippen molar-refractivity contribution in [2.45, 2.75) is 20.8 Å². The van der Waals surface area contributed by atoms with Gasteiger partial charge in [0, 0.05) is 18.0 Å². The van der Waals surface area contributed by atoms with Gasteiger partial charge in [-0.25, -0.2) is 0 Å². The average molecular weight is 209 g/mol. The highest BCUT2D eigenvalue weighted by atomic mass is 32.2. The Hall–Kier alpha value is -0.630. The summed E-state index contributed by atoms with van der Waals surface area (Å²) in [5.41, 5.74) is 3.91. The van der Waals surface area contributed by atoms with Gasteiger partial charge in [-0.1, -0.05) is 13.0 Å². The van der Waals surface area contributed by atoms with Gasteiger partial charge in [0.05, 0.1) is 0 Å². The van der Waals surface area contributed by atoms with E-state index in [4.69, 9.17) is 0 Å². The van der Waals surface area contributed by atoms with Crippen LogP contribution in [0, 0.1) is 13.8 Å². The van der Waals surface area contributed by atoms with Crippen molar-refractivity contribution in [2.24, 2.45) is 0 Å². The molecule has 0 aromatic heterocycles. The summed E-state index contributed by atoms with van der Waals surface area (Å²) in [4.78, 5) is 0. The maximum absolute atomic E-state index is 3.44. The van der Waals surface area contributed by atoms with E-state index in [0.29, 0.717) is 0 Å². The van der Waals surface area contributed by atoms with Crippen molar-refractivity contribution in [1.82, 2.24) is 0 Å². The Labute approximate surface area is 91.3 Å². The fourth-order valence-electron chi connectivity index (χ4n) is 1.49. The van der Waals surface area contributed by atoms with Gasteiger partial charge < -0.3 is 5.32 Å². The summed E-state index contributed by atoms with van der Waals surface area (Å²) < 4.78 is 0. The zero-order chi connectivity index (χ0) is 10.4. The lowest BCUT2D eigenvalue weighted by atomic mass is 10.1. The van der Waals surface area contributed by atoms with Gasteiger partial charge in [-0.2, -0.15) is 11.8 Å². The molecule has 0 aliphatic rings. The van der Waals surface area contributed by atoms with Gasteiger partial charge in [-0.15, -0.1) is 0 Å². The largest absolute Gasteiger partial charge is 0.384 e. The molecule has 2 heteroatoms. The summed E-state index contributed by atoms with van der Waals surface area (Å²) in [5.74, 6) is 2.39. The van der Waals surface area contributed by atoms with E-state index >= 15 is 0 Å². The number of nitrogens with one attached hydrogen (secondary N) is 1. The Kier molecular flexibility index (Phi) is 4.88. The van der Waals surface area contributed by atoms with Crippen molar-refractivity contribution in [2.75, 3.05) is 23.4 Å². The second-order valence-corrected chi connectivity index (χ2v) is 4.89. The molecule has 14 heavy (non-hydrogen) atoms. The molecule has 1 aromatic carbocycles. The predicted octanol–water partition coefficient (Wildman–Crippen LogP) is 3.47. The lowest BCUT2D eigenvalue weighted by Crippen LogP contribution is -2.04. The highest BCUT2D eigenvalue weighted by molar-refractivity contribution is 7.99. The minimum absolute atomic E-state index is 1.06. The van der Waals surface area contributed by atoms with Crippen LogP contribution >= 0.6 is 11.8 Å². The molecule has 0 atom stereocenters. The maximum atomic E-state index is 3.44. The van der Waals surface area contributed by atoms with Crippen molar-refractivity contribution < 1.29 is 0 Å². The molecular weight excluding hydrogens is 190 g/mol. The van der Waals surface area contributed by atoms with Crippen LogP contribution in [0.15, 0.2) is 18.2 Å². The van der Waals surface area contributed by atoms with Gasteiger partial charge >= 0.3 is 0 Å². The van der Waals surface area contributed by atoms with E-state index in [-0.39, 0.29) is 0 Å². The van der Waals surface area contributed by atoms with E-state index in [1.54, 1.807) is 0 Å². The minimum Gasteiger partial charge on any atom is -0.384 e. The Morgan fingerprint density at radius 2 is 1.79 bits per heavy atom. The van der Waals surface area contributed by atoms with Crippen LogP contribution in [0.1, 0.15) is 18.1 Å². The molecule has 0 fully saturated rings. The summed E-state index contributed by atoms with van der Waals surface area (Å²) >= 11 is 1.97. The summed E-state index contributed by atoms with van der Waals surface area (Å²) in [5, 5.41) is 3.44. The lowest BCUT2D eigenvalue weighted by molar-refractivity contribution is 1.21. The fourth-order valence-corrected chi connectivity index (χ4v) is 2.02. The van der Waals surface area contributed by atoms with Gasteiger partial charge in [0.25, 0.3) is 0 Å². The van der Waals surface area contributed by atoms with Crippen LogP contribution in [-0.2, 0) is 0 Å². The van der Waals surface area contributed by atoms with E-state index in [1.165, 1.54) is 28.3 Å². The smallest absolute Gasteiger partial charge is 0.0345 e. The third-order valence-corrected chi connectivity index (χ3v) is 2.90. The third kappa shape index (κ3) is 4.05. The molecule has 0 amide bonds. The molecule has 0 bridgehead atoms. The topological polar surface area (TPSA) is 12.0 Å². The second kappa shape index (κ2) is 5.97. The van der Waals surface area contributed by atoms with Gasteiger partial charge in [0.1, 0.15) is 0 Å². The van der Waals surface area contributed by atoms with Crippen LogP contribution < -0.4 is 5.32 Å². The zero-order valence-corrected chi connectivity index (χ0v) is 10.1. The Morgan fingerprint density at radius 1 is 1.14 bits per heavy atom. The number of hydrogen-bond donors (Lipinski definition) is 1. The minimum atomic E-state index is 1.06. The van der Waals surface area contributed by atoms with Crippen LogP contribution in [0.2, 0.25) is 0 Å². The molecule has 1 N–H and O–H groups in total. The second-order valence-electron chi connectivity index (χ2n) is 3.50. The molecule has 0 saturated carbocycles. The standard InChI is InChI=1S/C12H19NS/c1-4-14-6-5-13-12-8-10(2)7-11(3)9-12/h7-9,13H,4-6H2,1-3H3. The van der Waals surface area contributed by atoms with Crippen LogP contribution in [0.4, 0.5) is 5.69 Å². The molecular formula is C12H19NS. The van der Waals surface area contributed by atoms with Gasteiger partial charge in [-0.05, 0) is 42.9 Å². The lowest BCUT2D eigenvalue weighted by Gasteiger charge is -2.07. The molecule has 0 saturated heterocycles. The highest BCUT2D eigenvalue weighted by Gasteiger charge is 1.94. The molecule has 0 unspecified atom stereocenters. The molecule has 1 nitrogen and oxygen atoms in total. The van der Waals surface area contributed by atoms with Crippen LogP contribution in [0.5, 0.6) is 0 Å². The fraction of sp³-hybridized carbons (Fsp3) is 0.500. The number of rotatable bonds is 5. The monoisotopic (exact) mass is 209 g/mol. The van der Waals surface area contributed by atoms with E-state index in [0.717, 1.165) is 6.54 Å². The summed E-state index contributed by atoms with van der Waals surface area (Å²) in [7, 11) is 0. The number of benzene rings is 1. The highest BCUT2D eigenvalue weighted by Crippen LogP contribution is 2.13. The quantitative estimate of drug-likeness (QED) is 0.745. The summed E-state index contributed by atoms with van der Waals surface area (Å²) in [6.07, 6.45) is 0. The Morgan fingerprint density at radius 3 is 2.36 bits per heavy atom. The number of thioether (sulfide) groups is 1. The van der Waals surface area contributed by atoms with Crippen LogP contribution in [0.25, 0.3) is 0 Å². The number of anilines is 1. The van der Waals surface area contributed by atoms with Crippen molar-refractivity contribution in [3.63, 3.8) is 0 Å². The normalized spacial score (nSPS) is 10.2. The molecule has 0 heterocycles. The first kappa shape index (κ1) is 11.4. The number of aryl methyl sites for hydroxylation is 2. The summed E-state index contributed by atoms with van der Waals surface area (Å²) in [6.45, 7) is 7.53. The van der Waals surface area contributed by atoms with Crippen molar-refractivity contribution in [3.8, 4) is 0 Å². The SMILES string of the molecule is CCSCCNc1cc(C)cc(C)c1. The van der Waals surface area contributed by atoms with E-state index in [1.807, 2.05) is 11.8 Å². The number of hydrogen-bond acceptors (Lipinski definition) is 2. The molecule has 0 radical (unpaired) electrons. The molecule has 1 aromatic rings. The predicted molar refractivity (Wildman–Crippen MR) is 67.4 cm³/mol. The first-order valence-electron chi connectivity index (χ1n) is 5.12. The maximum Gasteiger partial charge on any atom is 0.0345 e. The molecule has 0 spiro atoms. The van der Waals surface area contributed by atoms with Crippen molar-refractivity contribution >= 4 is 17.4 Å². The molecule has 0 aliphatic heterocycles. The third-order valence-electron chi connectivity index (χ3n) is 2.00. The first-order chi connectivity index (χ1) is 6.72. The Balaban J connectivity index is 2.42. The van der Waals surface area contributed by atoms with Crippen LogP contribution in [0.3, 0.4) is 0 Å². The molecule has 1 rings (SSSR count). The van der Waals surface area contributed by atoms with Crippen molar-refractivity contribution in [1.29, 1.82) is 0 Å². The summed E-state index contributed by atoms with van der Waals surface area (Å²) in [6, 6.07) is 6.60. The van der Waals surface area contributed by atoms with E-state index in [2.05, 4.69) is 44.3 Å². The van der Waals surface area contributed by atoms with E-state index in [9.17, 15) is 0 Å². The zero-order valence-electron chi connectivity index (χ0n) is 9.26. The first-order valence-corrected chi connectivity index (χ1v) is 6.27. The van der Waals surface area contributed by atoms with Crippen molar-refractivity contribution in [3.05, 3.63) is 29.3 Å². The van der Waals surface area contributed by atoms with Gasteiger partial charge in [-0.3, -0.25) is 0 Å².